The average molecular weight is 741 g/mol. The van der Waals surface area contributed by atoms with E-state index in [0.29, 0.717) is 72.4 Å². The highest BCUT2D eigenvalue weighted by Gasteiger charge is 2.30. The molecule has 2 aliphatic rings. The summed E-state index contributed by atoms with van der Waals surface area (Å²) in [7, 11) is 0. The van der Waals surface area contributed by atoms with Gasteiger partial charge in [-0.2, -0.15) is 0 Å². The molecule has 0 spiro atoms. The number of ether oxygens (including phenoxy) is 1. The number of hydrogen-bond donors (Lipinski definition) is 0. The molecular formula is C38H38Cl4N4O3. The van der Waals surface area contributed by atoms with Crippen molar-refractivity contribution in [1.29, 1.82) is 0 Å². The summed E-state index contributed by atoms with van der Waals surface area (Å²) in [4.78, 5) is 35.8. The maximum Gasteiger partial charge on any atom is 0.225 e. The predicted molar refractivity (Wildman–Crippen MR) is 199 cm³/mol. The highest BCUT2D eigenvalue weighted by atomic mass is 35.5. The van der Waals surface area contributed by atoms with Gasteiger partial charge in [0.2, 0.25) is 11.8 Å². The number of anilines is 2. The highest BCUT2D eigenvalue weighted by Crippen LogP contribution is 2.34. The molecule has 0 aliphatic carbocycles. The second-order valence-corrected chi connectivity index (χ2v) is 13.9. The fourth-order valence-electron chi connectivity index (χ4n) is 6.39. The van der Waals surface area contributed by atoms with E-state index in [1.807, 2.05) is 94.7 Å². The minimum absolute atomic E-state index is 0.0132. The van der Waals surface area contributed by atoms with Gasteiger partial charge in [-0.25, -0.2) is 0 Å². The Hall–Kier alpha value is -3.46. The molecule has 2 aliphatic heterocycles. The maximum absolute atomic E-state index is 13.8. The zero-order valence-electron chi connectivity index (χ0n) is 27.0. The smallest absolute Gasteiger partial charge is 0.225 e. The van der Waals surface area contributed by atoms with Crippen LogP contribution in [0.5, 0.6) is 0 Å². The summed E-state index contributed by atoms with van der Waals surface area (Å²) >= 11 is 24.7. The van der Waals surface area contributed by atoms with Crippen molar-refractivity contribution < 1.29 is 14.3 Å². The Morgan fingerprint density at radius 1 is 0.510 bits per heavy atom. The van der Waals surface area contributed by atoms with Gasteiger partial charge < -0.3 is 24.3 Å². The van der Waals surface area contributed by atoms with E-state index in [0.717, 1.165) is 22.5 Å². The number of benzene rings is 4. The van der Waals surface area contributed by atoms with Gasteiger partial charge in [0.1, 0.15) is 0 Å². The standard InChI is InChI=1S/C38H38Cl4N4O3/c39-31-13-11-29(23-33(31)41)43-15-19-45(20-16-43)37(47)25-35(27-7-3-1-4-8-27)49-36(28-9-5-2-6-10-28)26-38(48)46-21-17-44(18-22-46)30-12-14-32(40)34(42)24-30/h1-14,23-24,35-36H,15-22,25-26H2. The second kappa shape index (κ2) is 16.5. The molecule has 2 unspecified atom stereocenters. The molecule has 0 radical (unpaired) electrons. The lowest BCUT2D eigenvalue weighted by atomic mass is 10.0. The summed E-state index contributed by atoms with van der Waals surface area (Å²) < 4.78 is 6.81. The molecule has 0 bridgehead atoms. The van der Waals surface area contributed by atoms with E-state index in [-0.39, 0.29) is 24.7 Å². The number of amides is 2. The third-order valence-corrected chi connectivity index (χ3v) is 10.7. The lowest BCUT2D eigenvalue weighted by Gasteiger charge is -2.37. The van der Waals surface area contributed by atoms with Crippen molar-refractivity contribution in [3.63, 3.8) is 0 Å². The minimum atomic E-state index is -0.536. The molecule has 11 heteroatoms. The third kappa shape index (κ3) is 9.02. The quantitative estimate of drug-likeness (QED) is 0.163. The van der Waals surface area contributed by atoms with Gasteiger partial charge in [-0.15, -0.1) is 0 Å². The van der Waals surface area contributed by atoms with Crippen LogP contribution in [0.25, 0.3) is 0 Å². The molecule has 0 saturated carbocycles. The molecule has 49 heavy (non-hydrogen) atoms. The predicted octanol–water partition coefficient (Wildman–Crippen LogP) is 8.58. The lowest BCUT2D eigenvalue weighted by molar-refractivity contribution is -0.139. The molecular weight excluding hydrogens is 702 g/mol. The SMILES string of the molecule is O=C(CC(OC(CC(=O)N1CCN(c2ccc(Cl)c(Cl)c2)CC1)c1ccccc1)c1ccccc1)N1CCN(c2ccc(Cl)c(Cl)c2)CC1. The van der Waals surface area contributed by atoms with Crippen molar-refractivity contribution in [2.45, 2.75) is 25.0 Å². The van der Waals surface area contributed by atoms with E-state index in [1.165, 1.54) is 0 Å². The molecule has 0 N–H and O–H groups in total. The number of piperazine rings is 2. The average Bonchev–Trinajstić information content (AvgIpc) is 3.14. The fourth-order valence-corrected chi connectivity index (χ4v) is 6.97. The normalized spacial score (nSPS) is 16.4. The van der Waals surface area contributed by atoms with Crippen molar-refractivity contribution in [2.24, 2.45) is 0 Å². The summed E-state index contributed by atoms with van der Waals surface area (Å²) in [5, 5.41) is 2.06. The van der Waals surface area contributed by atoms with E-state index < -0.39 is 12.2 Å². The third-order valence-electron chi connectivity index (χ3n) is 9.19. The van der Waals surface area contributed by atoms with Crippen LogP contribution in [0.1, 0.15) is 36.2 Å². The van der Waals surface area contributed by atoms with Crippen LogP contribution in [0, 0.1) is 0 Å². The van der Waals surface area contributed by atoms with E-state index in [9.17, 15) is 9.59 Å². The van der Waals surface area contributed by atoms with Crippen LogP contribution in [0.2, 0.25) is 20.1 Å². The largest absolute Gasteiger partial charge is 0.368 e. The van der Waals surface area contributed by atoms with Crippen LogP contribution < -0.4 is 9.80 Å². The molecule has 2 atom stereocenters. The van der Waals surface area contributed by atoms with Crippen LogP contribution in [-0.2, 0) is 14.3 Å². The number of rotatable bonds is 10. The van der Waals surface area contributed by atoms with Crippen LogP contribution in [0.4, 0.5) is 11.4 Å². The van der Waals surface area contributed by atoms with Crippen LogP contribution >= 0.6 is 46.4 Å². The summed E-state index contributed by atoms with van der Waals surface area (Å²) in [6.07, 6.45) is -0.745. The number of nitrogens with zero attached hydrogens (tertiary/aromatic N) is 4. The second-order valence-electron chi connectivity index (χ2n) is 12.3. The number of halogens is 4. The van der Waals surface area contributed by atoms with Crippen LogP contribution in [0.15, 0.2) is 97.1 Å². The number of hydrogen-bond acceptors (Lipinski definition) is 5. The Morgan fingerprint density at radius 2 is 0.878 bits per heavy atom. The van der Waals surface area contributed by atoms with Crippen LogP contribution in [-0.4, -0.2) is 74.0 Å². The Morgan fingerprint density at radius 3 is 1.22 bits per heavy atom. The summed E-state index contributed by atoms with van der Waals surface area (Å²) in [5.74, 6) is 0.0263. The molecule has 256 valence electrons. The summed E-state index contributed by atoms with van der Waals surface area (Å²) in [6.45, 7) is 5.04. The zero-order chi connectivity index (χ0) is 34.3. The Bertz CT molecular complexity index is 1600. The number of carbonyl (C=O) groups excluding carboxylic acids is 2. The first-order valence-electron chi connectivity index (χ1n) is 16.5. The van der Waals surface area contributed by atoms with Crippen LogP contribution in [0.3, 0.4) is 0 Å². The first-order valence-corrected chi connectivity index (χ1v) is 18.0. The van der Waals surface area contributed by atoms with Gasteiger partial charge in [0.05, 0.1) is 45.1 Å². The Balaban J connectivity index is 1.12. The molecule has 2 fully saturated rings. The Labute approximate surface area is 307 Å². The first-order chi connectivity index (χ1) is 23.7. The molecule has 0 aromatic heterocycles. The van der Waals surface area contributed by atoms with Gasteiger partial charge in [0.25, 0.3) is 0 Å². The van der Waals surface area contributed by atoms with E-state index >= 15 is 0 Å². The van der Waals surface area contributed by atoms with Gasteiger partial charge in [-0.05, 0) is 47.5 Å². The number of carbonyl (C=O) groups is 2. The summed E-state index contributed by atoms with van der Waals surface area (Å²) in [6, 6.07) is 30.8. The van der Waals surface area contributed by atoms with Crippen molar-refractivity contribution >= 4 is 69.6 Å². The van der Waals surface area contributed by atoms with E-state index in [2.05, 4.69) is 9.80 Å². The molecule has 7 nitrogen and oxygen atoms in total. The molecule has 6 rings (SSSR count). The van der Waals surface area contributed by atoms with Crippen molar-refractivity contribution in [3.8, 4) is 0 Å². The molecule has 4 aromatic rings. The molecule has 2 heterocycles. The van der Waals surface area contributed by atoms with Gasteiger partial charge in [-0.3, -0.25) is 9.59 Å². The minimum Gasteiger partial charge on any atom is -0.368 e. The highest BCUT2D eigenvalue weighted by molar-refractivity contribution is 6.42. The monoisotopic (exact) mass is 738 g/mol. The molecule has 2 amide bonds. The zero-order valence-corrected chi connectivity index (χ0v) is 30.0. The Kier molecular flexibility index (Phi) is 11.9. The van der Waals surface area contributed by atoms with Gasteiger partial charge >= 0.3 is 0 Å². The molecule has 4 aromatic carbocycles. The topological polar surface area (TPSA) is 56.3 Å². The van der Waals surface area contributed by atoms with Crippen molar-refractivity contribution in [1.82, 2.24) is 9.80 Å². The van der Waals surface area contributed by atoms with Gasteiger partial charge in [-0.1, -0.05) is 107 Å². The lowest BCUT2D eigenvalue weighted by Crippen LogP contribution is -2.49. The van der Waals surface area contributed by atoms with Crippen molar-refractivity contribution in [3.05, 3.63) is 128 Å². The fraction of sp³-hybridized carbons (Fsp3) is 0.316. The maximum atomic E-state index is 13.8. The van der Waals surface area contributed by atoms with E-state index in [4.69, 9.17) is 51.1 Å². The summed E-state index contributed by atoms with van der Waals surface area (Å²) in [5.41, 5.74) is 3.76. The first kappa shape index (κ1) is 35.4. The van der Waals surface area contributed by atoms with E-state index in [1.54, 1.807) is 12.1 Å². The molecule has 2 saturated heterocycles. The van der Waals surface area contributed by atoms with Crippen molar-refractivity contribution in [2.75, 3.05) is 62.2 Å². The van der Waals surface area contributed by atoms with Gasteiger partial charge in [0.15, 0.2) is 0 Å². The van der Waals surface area contributed by atoms with Gasteiger partial charge in [0, 0.05) is 63.7 Å².